The molecule has 152 valence electrons. The molecule has 1 atom stereocenters. The standard InChI is InChI=1S/C21H29FN4O2/c1-23-20(24-15-21(8-9-21)16-5-2-3-6-17(16)22)26-12-10-25(11-13-26)19(27)18-7-4-14-28-18/h2-3,5-6,18H,4,7-15H2,1H3,(H,23,24). The van der Waals surface area contributed by atoms with Crippen LogP contribution in [0.2, 0.25) is 0 Å². The topological polar surface area (TPSA) is 57.2 Å². The minimum absolute atomic E-state index is 0.122. The van der Waals surface area contributed by atoms with Gasteiger partial charge in [-0.1, -0.05) is 18.2 Å². The normalized spacial score (nSPS) is 24.4. The van der Waals surface area contributed by atoms with E-state index in [4.69, 9.17) is 4.74 Å². The molecule has 1 saturated carbocycles. The van der Waals surface area contributed by atoms with Crippen LogP contribution in [0.3, 0.4) is 0 Å². The highest BCUT2D eigenvalue weighted by Crippen LogP contribution is 2.48. The Kier molecular flexibility index (Phi) is 5.53. The molecule has 1 amide bonds. The van der Waals surface area contributed by atoms with Gasteiger partial charge in [-0.25, -0.2) is 4.39 Å². The Morgan fingerprint density at radius 3 is 2.57 bits per heavy atom. The van der Waals surface area contributed by atoms with Gasteiger partial charge in [-0.15, -0.1) is 0 Å². The molecule has 0 radical (unpaired) electrons. The maximum absolute atomic E-state index is 14.2. The molecule has 0 bridgehead atoms. The molecular weight excluding hydrogens is 359 g/mol. The second-order valence-electron chi connectivity index (χ2n) is 7.97. The average molecular weight is 388 g/mol. The lowest BCUT2D eigenvalue weighted by atomic mass is 9.95. The predicted octanol–water partition coefficient (Wildman–Crippen LogP) is 1.76. The van der Waals surface area contributed by atoms with Gasteiger partial charge in [0.15, 0.2) is 5.96 Å². The summed E-state index contributed by atoms with van der Waals surface area (Å²) in [5.74, 6) is 0.821. The number of benzene rings is 1. The molecule has 0 spiro atoms. The van der Waals surface area contributed by atoms with Crippen LogP contribution in [0.5, 0.6) is 0 Å². The van der Waals surface area contributed by atoms with Gasteiger partial charge in [0.1, 0.15) is 11.9 Å². The van der Waals surface area contributed by atoms with Crippen LogP contribution in [-0.4, -0.2) is 74.1 Å². The predicted molar refractivity (Wildman–Crippen MR) is 106 cm³/mol. The molecule has 1 aromatic carbocycles. The molecule has 0 aromatic heterocycles. The zero-order valence-corrected chi connectivity index (χ0v) is 16.5. The third-order valence-electron chi connectivity index (χ3n) is 6.19. The lowest BCUT2D eigenvalue weighted by molar-refractivity contribution is -0.142. The molecule has 1 N–H and O–H groups in total. The van der Waals surface area contributed by atoms with E-state index in [1.807, 2.05) is 17.0 Å². The third kappa shape index (κ3) is 3.85. The molecule has 28 heavy (non-hydrogen) atoms. The third-order valence-corrected chi connectivity index (χ3v) is 6.19. The Hall–Kier alpha value is -2.15. The molecule has 7 heteroatoms. The quantitative estimate of drug-likeness (QED) is 0.631. The van der Waals surface area contributed by atoms with Crippen molar-refractivity contribution in [2.45, 2.75) is 37.2 Å². The fraction of sp³-hybridized carbons (Fsp3) is 0.619. The molecule has 3 fully saturated rings. The van der Waals surface area contributed by atoms with Crippen LogP contribution in [0.1, 0.15) is 31.2 Å². The number of piperazine rings is 1. The first-order chi connectivity index (χ1) is 13.6. The number of hydrogen-bond acceptors (Lipinski definition) is 3. The fourth-order valence-electron chi connectivity index (χ4n) is 4.28. The van der Waals surface area contributed by atoms with Gasteiger partial charge < -0.3 is 19.9 Å². The lowest BCUT2D eigenvalue weighted by Gasteiger charge is -2.37. The Balaban J connectivity index is 1.31. The van der Waals surface area contributed by atoms with Gasteiger partial charge >= 0.3 is 0 Å². The minimum atomic E-state index is -0.250. The van der Waals surface area contributed by atoms with Gasteiger partial charge in [0.25, 0.3) is 5.91 Å². The number of hydrogen-bond donors (Lipinski definition) is 1. The van der Waals surface area contributed by atoms with Gasteiger partial charge in [-0.2, -0.15) is 0 Å². The van der Waals surface area contributed by atoms with E-state index in [9.17, 15) is 9.18 Å². The van der Waals surface area contributed by atoms with E-state index < -0.39 is 0 Å². The molecule has 4 rings (SSSR count). The largest absolute Gasteiger partial charge is 0.368 e. The molecule has 1 aromatic rings. The summed E-state index contributed by atoms with van der Waals surface area (Å²) in [5, 5.41) is 3.45. The molecule has 2 aliphatic heterocycles. The van der Waals surface area contributed by atoms with Crippen LogP contribution in [0.4, 0.5) is 4.39 Å². The van der Waals surface area contributed by atoms with Gasteiger partial charge in [-0.05, 0) is 37.3 Å². The number of rotatable bonds is 4. The van der Waals surface area contributed by atoms with Crippen molar-refractivity contribution in [3.8, 4) is 0 Å². The number of carbonyl (C=O) groups is 1. The smallest absolute Gasteiger partial charge is 0.251 e. The molecule has 3 aliphatic rings. The lowest BCUT2D eigenvalue weighted by Crippen LogP contribution is -2.55. The SMILES string of the molecule is CN=C(NCC1(c2ccccc2F)CC1)N1CCN(C(=O)C2CCCO2)CC1. The van der Waals surface area contributed by atoms with Crippen molar-refractivity contribution in [1.82, 2.24) is 15.1 Å². The fourth-order valence-corrected chi connectivity index (χ4v) is 4.28. The van der Waals surface area contributed by atoms with Crippen molar-refractivity contribution in [3.63, 3.8) is 0 Å². The first-order valence-electron chi connectivity index (χ1n) is 10.2. The van der Waals surface area contributed by atoms with Crippen molar-refractivity contribution in [1.29, 1.82) is 0 Å². The minimum Gasteiger partial charge on any atom is -0.368 e. The Bertz CT molecular complexity index is 736. The number of ether oxygens (including phenoxy) is 1. The summed E-state index contributed by atoms with van der Waals surface area (Å²) in [6.07, 6.45) is 3.53. The summed E-state index contributed by atoms with van der Waals surface area (Å²) in [5.41, 5.74) is 0.670. The summed E-state index contributed by atoms with van der Waals surface area (Å²) in [7, 11) is 1.77. The maximum Gasteiger partial charge on any atom is 0.251 e. The number of carbonyl (C=O) groups excluding carboxylic acids is 1. The summed E-state index contributed by atoms with van der Waals surface area (Å²) in [4.78, 5) is 21.0. The first-order valence-corrected chi connectivity index (χ1v) is 10.2. The number of halogens is 1. The maximum atomic E-state index is 14.2. The number of nitrogens with zero attached hydrogens (tertiary/aromatic N) is 3. The van der Waals surface area contributed by atoms with Gasteiger partial charge in [0.05, 0.1) is 0 Å². The summed E-state index contributed by atoms with van der Waals surface area (Å²) < 4.78 is 19.7. The zero-order valence-electron chi connectivity index (χ0n) is 16.5. The Labute approximate surface area is 165 Å². The van der Waals surface area contributed by atoms with Crippen LogP contribution < -0.4 is 5.32 Å². The van der Waals surface area contributed by atoms with Crippen molar-refractivity contribution in [3.05, 3.63) is 35.6 Å². The Morgan fingerprint density at radius 1 is 1.25 bits per heavy atom. The first kappa shape index (κ1) is 19.2. The van der Waals surface area contributed by atoms with Crippen LogP contribution >= 0.6 is 0 Å². The number of aliphatic imine (C=N–C) groups is 1. The van der Waals surface area contributed by atoms with Crippen LogP contribution in [0.25, 0.3) is 0 Å². The van der Waals surface area contributed by atoms with Crippen LogP contribution in [-0.2, 0) is 14.9 Å². The van der Waals surface area contributed by atoms with Gasteiger partial charge in [0.2, 0.25) is 0 Å². The monoisotopic (exact) mass is 388 g/mol. The van der Waals surface area contributed by atoms with E-state index in [1.54, 1.807) is 13.1 Å². The van der Waals surface area contributed by atoms with E-state index in [0.29, 0.717) is 26.2 Å². The molecule has 1 aliphatic carbocycles. The van der Waals surface area contributed by atoms with E-state index in [1.165, 1.54) is 6.07 Å². The molecule has 2 saturated heterocycles. The van der Waals surface area contributed by atoms with Gasteiger partial charge in [-0.3, -0.25) is 9.79 Å². The molecular formula is C21H29FN4O2. The van der Waals surface area contributed by atoms with Crippen molar-refractivity contribution in [2.24, 2.45) is 4.99 Å². The zero-order chi connectivity index (χ0) is 19.6. The van der Waals surface area contributed by atoms with E-state index in [2.05, 4.69) is 15.2 Å². The molecule has 6 nitrogen and oxygen atoms in total. The van der Waals surface area contributed by atoms with Gasteiger partial charge in [0, 0.05) is 51.8 Å². The second kappa shape index (κ2) is 8.07. The summed E-state index contributed by atoms with van der Waals surface area (Å²) in [6.45, 7) is 4.21. The summed E-state index contributed by atoms with van der Waals surface area (Å²) >= 11 is 0. The average Bonchev–Trinajstić information content (AvgIpc) is 3.30. The van der Waals surface area contributed by atoms with E-state index >= 15 is 0 Å². The number of guanidine groups is 1. The van der Waals surface area contributed by atoms with Crippen molar-refractivity contribution in [2.75, 3.05) is 46.4 Å². The highest BCUT2D eigenvalue weighted by atomic mass is 19.1. The van der Waals surface area contributed by atoms with E-state index in [-0.39, 0.29) is 23.2 Å². The van der Waals surface area contributed by atoms with Crippen LogP contribution in [0.15, 0.2) is 29.3 Å². The van der Waals surface area contributed by atoms with Crippen molar-refractivity contribution < 1.29 is 13.9 Å². The number of amides is 1. The van der Waals surface area contributed by atoms with E-state index in [0.717, 1.165) is 50.3 Å². The number of nitrogens with one attached hydrogen (secondary N) is 1. The second-order valence-corrected chi connectivity index (χ2v) is 7.97. The molecule has 1 unspecified atom stereocenters. The van der Waals surface area contributed by atoms with Crippen LogP contribution in [0, 0.1) is 5.82 Å². The molecule has 2 heterocycles. The highest BCUT2D eigenvalue weighted by Gasteiger charge is 2.46. The highest BCUT2D eigenvalue weighted by molar-refractivity contribution is 5.83. The Morgan fingerprint density at radius 2 is 1.96 bits per heavy atom. The summed E-state index contributed by atoms with van der Waals surface area (Å²) in [6, 6.07) is 7.06. The van der Waals surface area contributed by atoms with Crippen molar-refractivity contribution >= 4 is 11.9 Å².